The molecule has 156 valence electrons. The zero-order valence-electron chi connectivity index (χ0n) is 18.5. The van der Waals surface area contributed by atoms with Gasteiger partial charge in [0.1, 0.15) is 11.4 Å². The molecule has 0 spiro atoms. The third kappa shape index (κ3) is 6.52. The molecule has 0 unspecified atom stereocenters. The molecule has 1 aliphatic rings. The summed E-state index contributed by atoms with van der Waals surface area (Å²) in [6.07, 6.45) is 3.12. The molecule has 2 rings (SSSR count). The lowest BCUT2D eigenvalue weighted by Gasteiger charge is -2.32. The van der Waals surface area contributed by atoms with Gasteiger partial charge in [-0.1, -0.05) is 12.1 Å². The molecule has 0 atom stereocenters. The topological polar surface area (TPSA) is 54.0 Å². The van der Waals surface area contributed by atoms with E-state index in [1.165, 1.54) is 0 Å². The molecule has 0 aliphatic carbocycles. The van der Waals surface area contributed by atoms with Crippen molar-refractivity contribution in [1.82, 2.24) is 0 Å². The van der Waals surface area contributed by atoms with E-state index in [9.17, 15) is 4.79 Å². The van der Waals surface area contributed by atoms with Gasteiger partial charge in [-0.05, 0) is 85.3 Å². The van der Waals surface area contributed by atoms with E-state index >= 15 is 0 Å². The van der Waals surface area contributed by atoms with Crippen molar-refractivity contribution < 1.29 is 23.6 Å². The summed E-state index contributed by atoms with van der Waals surface area (Å²) in [5.74, 6) is 0.694. The minimum absolute atomic E-state index is 0.133. The Morgan fingerprint density at radius 1 is 0.964 bits per heavy atom. The molecule has 1 fully saturated rings. The maximum atomic E-state index is 11.7. The van der Waals surface area contributed by atoms with E-state index in [0.29, 0.717) is 13.0 Å². The molecule has 5 nitrogen and oxygen atoms in total. The summed E-state index contributed by atoms with van der Waals surface area (Å²) in [5, 5.41) is 0. The van der Waals surface area contributed by atoms with Gasteiger partial charge in [0.2, 0.25) is 0 Å². The van der Waals surface area contributed by atoms with Crippen LogP contribution in [0, 0.1) is 0 Å². The quantitative estimate of drug-likeness (QED) is 0.377. The lowest BCUT2D eigenvalue weighted by molar-refractivity contribution is -0.154. The number of hydrogen-bond donors (Lipinski definition) is 0. The maximum Gasteiger partial charge on any atom is 0.494 e. The summed E-state index contributed by atoms with van der Waals surface area (Å²) in [4.78, 5) is 11.7. The van der Waals surface area contributed by atoms with Crippen LogP contribution in [0.4, 0.5) is 0 Å². The fourth-order valence-electron chi connectivity index (χ4n) is 2.83. The van der Waals surface area contributed by atoms with E-state index in [0.717, 1.165) is 30.5 Å². The zero-order chi connectivity index (χ0) is 21.0. The zero-order valence-corrected chi connectivity index (χ0v) is 18.5. The van der Waals surface area contributed by atoms with Crippen molar-refractivity contribution in [3.8, 4) is 5.75 Å². The molecule has 1 aromatic carbocycles. The van der Waals surface area contributed by atoms with Gasteiger partial charge in [-0.15, -0.1) is 0 Å². The Morgan fingerprint density at radius 3 is 2.07 bits per heavy atom. The van der Waals surface area contributed by atoms with E-state index < -0.39 is 5.60 Å². The lowest BCUT2D eigenvalue weighted by Crippen LogP contribution is -2.41. The van der Waals surface area contributed by atoms with E-state index in [1.807, 2.05) is 72.7 Å². The van der Waals surface area contributed by atoms with E-state index in [1.54, 1.807) is 0 Å². The summed E-state index contributed by atoms with van der Waals surface area (Å²) in [6, 6.07) is 7.86. The van der Waals surface area contributed by atoms with Crippen molar-refractivity contribution in [2.24, 2.45) is 0 Å². The van der Waals surface area contributed by atoms with Crippen LogP contribution in [-0.2, 0) is 18.8 Å². The molecule has 0 bridgehead atoms. The van der Waals surface area contributed by atoms with Crippen LogP contribution in [0.25, 0.3) is 0 Å². The van der Waals surface area contributed by atoms with Crippen molar-refractivity contribution in [2.45, 2.75) is 91.0 Å². The molecular weight excluding hydrogens is 355 g/mol. The largest absolute Gasteiger partial charge is 0.494 e. The number of benzene rings is 1. The summed E-state index contributed by atoms with van der Waals surface area (Å²) in [6.45, 7) is 14.5. The predicted molar refractivity (Wildman–Crippen MR) is 112 cm³/mol. The summed E-state index contributed by atoms with van der Waals surface area (Å²) >= 11 is 0. The first-order valence-corrected chi connectivity index (χ1v) is 10.2. The van der Waals surface area contributed by atoms with Gasteiger partial charge in [0, 0.05) is 6.42 Å². The molecule has 0 amide bonds. The highest BCUT2D eigenvalue weighted by Crippen LogP contribution is 2.36. The fraction of sp³-hybridized carbons (Fsp3) is 0.682. The Bertz CT molecular complexity index is 630. The normalized spacial score (nSPS) is 18.2. The second-order valence-corrected chi connectivity index (χ2v) is 9.40. The van der Waals surface area contributed by atoms with Gasteiger partial charge in [-0.3, -0.25) is 4.79 Å². The monoisotopic (exact) mass is 390 g/mol. The second-order valence-electron chi connectivity index (χ2n) is 9.40. The highest BCUT2D eigenvalue weighted by atomic mass is 16.7. The standard InChI is InChI=1S/C22H35BO5/c1-20(2,3)26-19(24)11-9-8-10-16-25-18-14-12-17(13-15-18)23-27-21(4,5)22(6,7)28-23/h12-15H,8-11,16H2,1-7H3. The van der Waals surface area contributed by atoms with E-state index in [2.05, 4.69) is 0 Å². The highest BCUT2D eigenvalue weighted by Gasteiger charge is 2.51. The van der Waals surface area contributed by atoms with Crippen LogP contribution in [0.2, 0.25) is 0 Å². The number of carbonyl (C=O) groups is 1. The summed E-state index contributed by atoms with van der Waals surface area (Å²) < 4.78 is 23.2. The average molecular weight is 390 g/mol. The molecule has 0 radical (unpaired) electrons. The Balaban J connectivity index is 1.68. The Kier molecular flexibility index (Phi) is 7.21. The number of carbonyl (C=O) groups excluding carboxylic acids is 1. The first-order chi connectivity index (χ1) is 12.9. The van der Waals surface area contributed by atoms with Crippen molar-refractivity contribution in [2.75, 3.05) is 6.61 Å². The first-order valence-electron chi connectivity index (χ1n) is 10.2. The fourth-order valence-corrected chi connectivity index (χ4v) is 2.83. The smallest absolute Gasteiger partial charge is 0.494 e. The number of ether oxygens (including phenoxy) is 2. The molecule has 0 aromatic heterocycles. The van der Waals surface area contributed by atoms with Crippen molar-refractivity contribution in [3.63, 3.8) is 0 Å². The van der Waals surface area contributed by atoms with Crippen molar-refractivity contribution >= 4 is 18.6 Å². The van der Waals surface area contributed by atoms with Crippen LogP contribution in [0.3, 0.4) is 0 Å². The molecule has 28 heavy (non-hydrogen) atoms. The van der Waals surface area contributed by atoms with Gasteiger partial charge in [-0.25, -0.2) is 0 Å². The number of unbranched alkanes of at least 4 members (excludes halogenated alkanes) is 2. The third-order valence-corrected chi connectivity index (χ3v) is 5.12. The maximum absolute atomic E-state index is 11.7. The molecule has 1 heterocycles. The summed E-state index contributed by atoms with van der Waals surface area (Å²) in [7, 11) is -0.355. The minimum Gasteiger partial charge on any atom is -0.494 e. The van der Waals surface area contributed by atoms with Crippen LogP contribution < -0.4 is 10.2 Å². The molecular formula is C22H35BO5. The molecule has 1 aromatic rings. The van der Waals surface area contributed by atoms with Crippen LogP contribution in [0.1, 0.15) is 74.1 Å². The van der Waals surface area contributed by atoms with Gasteiger partial charge in [0.05, 0.1) is 17.8 Å². The van der Waals surface area contributed by atoms with Crippen LogP contribution in [0.5, 0.6) is 5.75 Å². The molecule has 1 aliphatic heterocycles. The lowest BCUT2D eigenvalue weighted by atomic mass is 9.79. The van der Waals surface area contributed by atoms with Crippen molar-refractivity contribution in [3.05, 3.63) is 24.3 Å². The van der Waals surface area contributed by atoms with Gasteiger partial charge < -0.3 is 18.8 Å². The van der Waals surface area contributed by atoms with Crippen LogP contribution >= 0.6 is 0 Å². The Hall–Kier alpha value is -1.53. The van der Waals surface area contributed by atoms with Gasteiger partial charge in [0.15, 0.2) is 0 Å². The molecule has 1 saturated heterocycles. The minimum atomic E-state index is -0.410. The van der Waals surface area contributed by atoms with Gasteiger partial charge >= 0.3 is 13.1 Å². The second kappa shape index (κ2) is 8.87. The van der Waals surface area contributed by atoms with E-state index in [4.69, 9.17) is 18.8 Å². The van der Waals surface area contributed by atoms with Crippen LogP contribution in [0.15, 0.2) is 24.3 Å². The third-order valence-electron chi connectivity index (χ3n) is 5.12. The molecule has 0 N–H and O–H groups in total. The predicted octanol–water partition coefficient (Wildman–Crippen LogP) is 4.27. The Labute approximate surface area is 170 Å². The highest BCUT2D eigenvalue weighted by molar-refractivity contribution is 6.62. The van der Waals surface area contributed by atoms with Crippen LogP contribution in [-0.4, -0.2) is 36.5 Å². The average Bonchev–Trinajstić information content (AvgIpc) is 2.77. The van der Waals surface area contributed by atoms with E-state index in [-0.39, 0.29) is 24.3 Å². The number of hydrogen-bond acceptors (Lipinski definition) is 5. The van der Waals surface area contributed by atoms with Crippen molar-refractivity contribution in [1.29, 1.82) is 0 Å². The van der Waals surface area contributed by atoms with Gasteiger partial charge in [-0.2, -0.15) is 0 Å². The first kappa shape index (κ1) is 22.8. The Morgan fingerprint density at radius 2 is 1.54 bits per heavy atom. The number of esters is 1. The number of rotatable bonds is 8. The van der Waals surface area contributed by atoms with Gasteiger partial charge in [0.25, 0.3) is 0 Å². The molecule has 6 heteroatoms. The summed E-state index contributed by atoms with van der Waals surface area (Å²) in [5.41, 5.74) is -0.103. The SMILES string of the molecule is CC(C)(C)OC(=O)CCCCCOc1ccc(B2OC(C)(C)C(C)(C)O2)cc1. The molecule has 0 saturated carbocycles.